The van der Waals surface area contributed by atoms with Gasteiger partial charge in [0.2, 0.25) is 0 Å². The molecule has 3 nitrogen and oxygen atoms in total. The van der Waals surface area contributed by atoms with Gasteiger partial charge >= 0.3 is 0 Å². The van der Waals surface area contributed by atoms with E-state index in [1.165, 1.54) is 0 Å². The second-order valence-electron chi connectivity index (χ2n) is 4.38. The van der Waals surface area contributed by atoms with E-state index < -0.39 is 0 Å². The third kappa shape index (κ3) is 3.79. The van der Waals surface area contributed by atoms with E-state index in [2.05, 4.69) is 25.3 Å². The Kier molecular flexibility index (Phi) is 5.04. The number of anilines is 1. The van der Waals surface area contributed by atoms with Crippen LogP contribution in [0.25, 0.3) is 0 Å². The first-order valence-corrected chi connectivity index (χ1v) is 5.85. The summed E-state index contributed by atoms with van der Waals surface area (Å²) < 4.78 is 5.14. The molecule has 0 atom stereocenters. The lowest BCUT2D eigenvalue weighted by atomic mass is 10.1. The first-order valence-electron chi connectivity index (χ1n) is 5.85. The first kappa shape index (κ1) is 13.6. The maximum absolute atomic E-state index is 6.01. The molecule has 94 valence electrons. The van der Waals surface area contributed by atoms with Crippen LogP contribution < -0.4 is 10.5 Å². The van der Waals surface area contributed by atoms with Crippen molar-refractivity contribution in [3.63, 3.8) is 0 Å². The lowest BCUT2D eigenvalue weighted by molar-refractivity contribution is 0.238. The van der Waals surface area contributed by atoms with Crippen molar-refractivity contribution in [3.05, 3.63) is 36.4 Å². The standard InChI is InChI=1S/C14H22N2O/c1-5-8-16(11(2)3)10-12-6-7-13(17-4)9-14(12)15/h5-7,9,11H,1,8,10,15H2,2-4H3. The third-order valence-electron chi connectivity index (χ3n) is 2.82. The summed E-state index contributed by atoms with van der Waals surface area (Å²) in [6.45, 7) is 9.82. The summed E-state index contributed by atoms with van der Waals surface area (Å²) in [6, 6.07) is 6.29. The Labute approximate surface area is 104 Å². The Hall–Kier alpha value is -1.48. The molecule has 0 heterocycles. The van der Waals surface area contributed by atoms with Crippen molar-refractivity contribution in [3.8, 4) is 5.75 Å². The summed E-state index contributed by atoms with van der Waals surface area (Å²) in [6.07, 6.45) is 1.92. The fraction of sp³-hybridized carbons (Fsp3) is 0.429. The molecule has 0 saturated carbocycles. The highest BCUT2D eigenvalue weighted by atomic mass is 16.5. The lowest BCUT2D eigenvalue weighted by Crippen LogP contribution is -2.30. The van der Waals surface area contributed by atoms with Gasteiger partial charge in [-0.25, -0.2) is 0 Å². The minimum atomic E-state index is 0.467. The summed E-state index contributed by atoms with van der Waals surface area (Å²) in [7, 11) is 1.65. The van der Waals surface area contributed by atoms with Crippen LogP contribution in [0.1, 0.15) is 19.4 Å². The van der Waals surface area contributed by atoms with Gasteiger partial charge in [-0.2, -0.15) is 0 Å². The molecular formula is C14H22N2O. The number of hydrogen-bond acceptors (Lipinski definition) is 3. The minimum absolute atomic E-state index is 0.467. The van der Waals surface area contributed by atoms with Crippen LogP contribution in [0.5, 0.6) is 5.75 Å². The fourth-order valence-corrected chi connectivity index (χ4v) is 1.69. The van der Waals surface area contributed by atoms with Gasteiger partial charge in [0.1, 0.15) is 5.75 Å². The predicted molar refractivity (Wildman–Crippen MR) is 73.1 cm³/mol. The van der Waals surface area contributed by atoms with Crippen molar-refractivity contribution in [1.82, 2.24) is 4.90 Å². The third-order valence-corrected chi connectivity index (χ3v) is 2.82. The number of hydrogen-bond donors (Lipinski definition) is 1. The van der Waals surface area contributed by atoms with Crippen molar-refractivity contribution >= 4 is 5.69 Å². The smallest absolute Gasteiger partial charge is 0.120 e. The van der Waals surface area contributed by atoms with Gasteiger partial charge in [-0.05, 0) is 25.5 Å². The summed E-state index contributed by atoms with van der Waals surface area (Å²) in [4.78, 5) is 2.31. The lowest BCUT2D eigenvalue weighted by Gasteiger charge is -2.25. The minimum Gasteiger partial charge on any atom is -0.497 e. The number of benzene rings is 1. The molecule has 0 saturated heterocycles. The Balaban J connectivity index is 2.82. The number of ether oxygens (including phenoxy) is 1. The highest BCUT2D eigenvalue weighted by Crippen LogP contribution is 2.21. The molecule has 0 aromatic heterocycles. The Morgan fingerprint density at radius 2 is 2.18 bits per heavy atom. The molecule has 1 aromatic carbocycles. The van der Waals surface area contributed by atoms with Crippen molar-refractivity contribution < 1.29 is 4.74 Å². The summed E-state index contributed by atoms with van der Waals surface area (Å²) in [5, 5.41) is 0. The number of methoxy groups -OCH3 is 1. The molecule has 0 amide bonds. The topological polar surface area (TPSA) is 38.5 Å². The molecule has 0 aliphatic rings. The van der Waals surface area contributed by atoms with E-state index in [0.717, 1.165) is 30.1 Å². The Morgan fingerprint density at radius 1 is 1.47 bits per heavy atom. The molecule has 0 spiro atoms. The molecule has 2 N–H and O–H groups in total. The summed E-state index contributed by atoms with van der Waals surface area (Å²) in [5.74, 6) is 0.797. The average Bonchev–Trinajstić information content (AvgIpc) is 2.30. The fourth-order valence-electron chi connectivity index (χ4n) is 1.69. The van der Waals surface area contributed by atoms with E-state index in [-0.39, 0.29) is 0 Å². The van der Waals surface area contributed by atoms with Crippen LogP contribution in [0.15, 0.2) is 30.9 Å². The van der Waals surface area contributed by atoms with E-state index in [1.807, 2.05) is 24.3 Å². The van der Waals surface area contributed by atoms with Crippen LogP contribution in [0.4, 0.5) is 5.69 Å². The zero-order valence-electron chi connectivity index (χ0n) is 10.9. The zero-order chi connectivity index (χ0) is 12.8. The Morgan fingerprint density at radius 3 is 2.65 bits per heavy atom. The molecule has 17 heavy (non-hydrogen) atoms. The van der Waals surface area contributed by atoms with Gasteiger partial charge in [0, 0.05) is 30.9 Å². The largest absolute Gasteiger partial charge is 0.497 e. The number of nitrogens with zero attached hydrogens (tertiary/aromatic N) is 1. The van der Waals surface area contributed by atoms with Crippen LogP contribution in [0.3, 0.4) is 0 Å². The first-order chi connectivity index (χ1) is 8.08. The SMILES string of the molecule is C=CCN(Cc1ccc(OC)cc1N)C(C)C. The Bertz CT molecular complexity index is 374. The normalized spacial score (nSPS) is 10.9. The second-order valence-corrected chi connectivity index (χ2v) is 4.38. The number of nitrogens with two attached hydrogens (primary N) is 1. The monoisotopic (exact) mass is 234 g/mol. The molecule has 0 aliphatic heterocycles. The molecule has 3 heteroatoms. The average molecular weight is 234 g/mol. The number of nitrogen functional groups attached to an aromatic ring is 1. The van der Waals surface area contributed by atoms with Gasteiger partial charge in [0.25, 0.3) is 0 Å². The highest BCUT2D eigenvalue weighted by Gasteiger charge is 2.10. The molecular weight excluding hydrogens is 212 g/mol. The van der Waals surface area contributed by atoms with Gasteiger partial charge in [-0.15, -0.1) is 6.58 Å². The molecule has 1 aromatic rings. The van der Waals surface area contributed by atoms with Crippen LogP contribution in [0.2, 0.25) is 0 Å². The molecule has 1 rings (SSSR count). The van der Waals surface area contributed by atoms with Gasteiger partial charge < -0.3 is 10.5 Å². The predicted octanol–water partition coefficient (Wildman–Crippen LogP) is 2.67. The van der Waals surface area contributed by atoms with Gasteiger partial charge in [-0.1, -0.05) is 12.1 Å². The van der Waals surface area contributed by atoms with E-state index >= 15 is 0 Å². The van der Waals surface area contributed by atoms with Gasteiger partial charge in [0.15, 0.2) is 0 Å². The maximum atomic E-state index is 6.01. The maximum Gasteiger partial charge on any atom is 0.120 e. The second kappa shape index (κ2) is 6.30. The van der Waals surface area contributed by atoms with Crippen molar-refractivity contribution in [2.24, 2.45) is 0 Å². The van der Waals surface area contributed by atoms with Crippen LogP contribution >= 0.6 is 0 Å². The van der Waals surface area contributed by atoms with Crippen molar-refractivity contribution in [2.45, 2.75) is 26.4 Å². The molecule has 0 unspecified atom stereocenters. The number of rotatable bonds is 6. The molecule has 0 fully saturated rings. The molecule has 0 aliphatic carbocycles. The van der Waals surface area contributed by atoms with E-state index in [0.29, 0.717) is 6.04 Å². The van der Waals surface area contributed by atoms with Crippen LogP contribution in [-0.4, -0.2) is 24.6 Å². The van der Waals surface area contributed by atoms with E-state index in [4.69, 9.17) is 10.5 Å². The van der Waals surface area contributed by atoms with Gasteiger partial charge in [0.05, 0.1) is 7.11 Å². The van der Waals surface area contributed by atoms with E-state index in [9.17, 15) is 0 Å². The molecule has 0 bridgehead atoms. The van der Waals surface area contributed by atoms with Crippen molar-refractivity contribution in [1.29, 1.82) is 0 Å². The van der Waals surface area contributed by atoms with Gasteiger partial charge in [-0.3, -0.25) is 4.90 Å². The molecule has 0 radical (unpaired) electrons. The summed E-state index contributed by atoms with van der Waals surface area (Å²) >= 11 is 0. The quantitative estimate of drug-likeness (QED) is 0.607. The van der Waals surface area contributed by atoms with E-state index in [1.54, 1.807) is 7.11 Å². The summed E-state index contributed by atoms with van der Waals surface area (Å²) in [5.41, 5.74) is 7.91. The van der Waals surface area contributed by atoms with Crippen LogP contribution in [-0.2, 0) is 6.54 Å². The van der Waals surface area contributed by atoms with Crippen molar-refractivity contribution in [2.75, 3.05) is 19.4 Å². The van der Waals surface area contributed by atoms with Crippen LogP contribution in [0, 0.1) is 0 Å². The zero-order valence-corrected chi connectivity index (χ0v) is 10.9. The highest BCUT2D eigenvalue weighted by molar-refractivity contribution is 5.51.